The van der Waals surface area contributed by atoms with Crippen LogP contribution in [-0.4, -0.2) is 55.9 Å². The molecule has 2 aromatic heterocycles. The summed E-state index contributed by atoms with van der Waals surface area (Å²) < 4.78 is 5.80. The molecule has 3 heterocycles. The minimum Gasteiger partial charge on any atom is -0.367 e. The highest BCUT2D eigenvalue weighted by Gasteiger charge is 2.29. The fraction of sp³-hybridized carbons (Fsp3) is 0.412. The van der Waals surface area contributed by atoms with Crippen molar-refractivity contribution in [2.24, 2.45) is 0 Å². The lowest BCUT2D eigenvalue weighted by Crippen LogP contribution is -2.42. The maximum absolute atomic E-state index is 13.0. The van der Waals surface area contributed by atoms with Gasteiger partial charge in [-0.05, 0) is 6.07 Å². The number of fused-ring (bicyclic) bond motifs is 1. The van der Waals surface area contributed by atoms with E-state index >= 15 is 0 Å². The number of aromatic amines is 2. The van der Waals surface area contributed by atoms with E-state index in [0.29, 0.717) is 31.1 Å². The molecule has 0 radical (unpaired) electrons. The number of ether oxygens (including phenoxy) is 1. The van der Waals surface area contributed by atoms with Crippen LogP contribution in [0.5, 0.6) is 0 Å². The zero-order chi connectivity index (χ0) is 17.4. The van der Waals surface area contributed by atoms with Crippen LogP contribution in [0.2, 0.25) is 0 Å². The number of H-pyrrole nitrogens is 2. The molecule has 3 aromatic rings. The van der Waals surface area contributed by atoms with E-state index in [1.54, 1.807) is 11.1 Å². The monoisotopic (exact) mass is 340 g/mol. The molecular weight excluding hydrogens is 320 g/mol. The van der Waals surface area contributed by atoms with Crippen molar-refractivity contribution >= 4 is 16.8 Å². The smallest absolute Gasteiger partial charge is 0.256 e. The van der Waals surface area contributed by atoms with Gasteiger partial charge in [-0.25, -0.2) is 4.98 Å². The normalized spacial score (nSPS) is 18.2. The number of nitrogens with one attached hydrogen (secondary N) is 2. The highest BCUT2D eigenvalue weighted by atomic mass is 16.5. The zero-order valence-corrected chi connectivity index (χ0v) is 14.2. The molecule has 1 fully saturated rings. The Morgan fingerprint density at radius 3 is 3.04 bits per heavy atom. The van der Waals surface area contributed by atoms with Gasteiger partial charge < -0.3 is 9.64 Å². The van der Waals surface area contributed by atoms with Crippen LogP contribution in [-0.2, 0) is 4.74 Å². The van der Waals surface area contributed by atoms with E-state index in [4.69, 9.17) is 4.74 Å². The first-order valence-corrected chi connectivity index (χ1v) is 8.38. The van der Waals surface area contributed by atoms with Crippen molar-refractivity contribution in [3.8, 4) is 0 Å². The summed E-state index contributed by atoms with van der Waals surface area (Å²) in [5.74, 6) is 1.63. The zero-order valence-electron chi connectivity index (χ0n) is 14.2. The summed E-state index contributed by atoms with van der Waals surface area (Å²) in [6.07, 6.45) is 1.43. The Morgan fingerprint density at radius 1 is 1.36 bits per heavy atom. The second-order valence-electron chi connectivity index (χ2n) is 6.48. The second kappa shape index (κ2) is 6.29. The third kappa shape index (κ3) is 2.89. The number of hydrogen-bond donors (Lipinski definition) is 2. The number of aromatic nitrogens is 5. The van der Waals surface area contributed by atoms with Gasteiger partial charge in [0.15, 0.2) is 11.6 Å². The maximum atomic E-state index is 13.0. The van der Waals surface area contributed by atoms with E-state index in [1.807, 2.05) is 32.0 Å². The van der Waals surface area contributed by atoms with Gasteiger partial charge in [0.05, 0.1) is 30.4 Å². The lowest BCUT2D eigenvalue weighted by molar-refractivity contribution is -0.0266. The molecule has 0 aliphatic carbocycles. The molecule has 130 valence electrons. The summed E-state index contributed by atoms with van der Waals surface area (Å²) in [6, 6.07) is 5.62. The molecule has 8 nitrogen and oxygen atoms in total. The average Bonchev–Trinajstić information content (AvgIpc) is 3.30. The van der Waals surface area contributed by atoms with E-state index in [1.165, 1.54) is 0 Å². The molecule has 1 aliphatic rings. The van der Waals surface area contributed by atoms with Crippen molar-refractivity contribution in [3.05, 3.63) is 41.6 Å². The van der Waals surface area contributed by atoms with Crippen molar-refractivity contribution < 1.29 is 9.53 Å². The number of nitrogens with zero attached hydrogens (tertiary/aromatic N) is 4. The maximum Gasteiger partial charge on any atom is 0.256 e. The highest BCUT2D eigenvalue weighted by Crippen LogP contribution is 2.24. The number of amides is 1. The van der Waals surface area contributed by atoms with E-state index < -0.39 is 0 Å². The second-order valence-corrected chi connectivity index (χ2v) is 6.48. The lowest BCUT2D eigenvalue weighted by Gasteiger charge is -2.32. The molecule has 1 unspecified atom stereocenters. The van der Waals surface area contributed by atoms with E-state index in [9.17, 15) is 4.79 Å². The summed E-state index contributed by atoms with van der Waals surface area (Å²) >= 11 is 0. The number of benzene rings is 1. The Labute approximate surface area is 144 Å². The summed E-state index contributed by atoms with van der Waals surface area (Å²) in [4.78, 5) is 19.3. The van der Waals surface area contributed by atoms with Gasteiger partial charge in [0, 0.05) is 17.8 Å². The first kappa shape index (κ1) is 15.8. The van der Waals surface area contributed by atoms with Gasteiger partial charge in [-0.15, -0.1) is 0 Å². The minimum atomic E-state index is -0.293. The molecule has 8 heteroatoms. The number of carbonyl (C=O) groups is 1. The van der Waals surface area contributed by atoms with E-state index in [-0.39, 0.29) is 17.9 Å². The molecular formula is C17H20N6O2. The van der Waals surface area contributed by atoms with Crippen molar-refractivity contribution in [2.45, 2.75) is 25.9 Å². The topological polar surface area (TPSA) is 99.8 Å². The Bertz CT molecular complexity index is 899. The Balaban J connectivity index is 1.56. The van der Waals surface area contributed by atoms with Gasteiger partial charge in [-0.1, -0.05) is 26.0 Å². The Kier molecular flexibility index (Phi) is 3.96. The van der Waals surface area contributed by atoms with E-state index in [2.05, 4.69) is 25.4 Å². The number of para-hydroxylation sites is 1. The summed E-state index contributed by atoms with van der Waals surface area (Å²) in [5.41, 5.74) is 1.38. The van der Waals surface area contributed by atoms with Crippen LogP contribution in [0.15, 0.2) is 24.4 Å². The first-order chi connectivity index (χ1) is 12.1. The summed E-state index contributed by atoms with van der Waals surface area (Å²) in [6.45, 7) is 5.53. The average molecular weight is 340 g/mol. The predicted molar refractivity (Wildman–Crippen MR) is 91.2 cm³/mol. The van der Waals surface area contributed by atoms with Gasteiger partial charge in [0.1, 0.15) is 6.10 Å². The standard InChI is InChI=1S/C17H20N6O2/c1-10(2)15-19-16(22-21-15)13-9-23(6-7-25-13)17(24)12-5-3-4-11-8-18-20-14(11)12/h3-5,8,10,13H,6-7,9H2,1-2H3,(H,18,20)(H,19,21,22). The van der Waals surface area contributed by atoms with Gasteiger partial charge in [0.25, 0.3) is 5.91 Å². The SMILES string of the molecule is CC(C)c1n[nH]c(C2CN(C(=O)c3cccc4cn[nH]c34)CCO2)n1. The van der Waals surface area contributed by atoms with Crippen LogP contribution < -0.4 is 0 Å². The molecule has 0 saturated carbocycles. The van der Waals surface area contributed by atoms with Gasteiger partial charge in [-0.2, -0.15) is 10.2 Å². The predicted octanol–water partition coefficient (Wildman–Crippen LogP) is 2.02. The van der Waals surface area contributed by atoms with Crippen LogP contribution in [0.4, 0.5) is 0 Å². The van der Waals surface area contributed by atoms with Crippen LogP contribution in [0.3, 0.4) is 0 Å². The molecule has 2 N–H and O–H groups in total. The fourth-order valence-corrected chi connectivity index (χ4v) is 3.01. The molecule has 0 spiro atoms. The van der Waals surface area contributed by atoms with E-state index in [0.717, 1.165) is 16.7 Å². The molecule has 1 aliphatic heterocycles. The van der Waals surface area contributed by atoms with Gasteiger partial charge in [-0.3, -0.25) is 15.0 Å². The fourth-order valence-electron chi connectivity index (χ4n) is 3.01. The van der Waals surface area contributed by atoms with Crippen LogP contribution >= 0.6 is 0 Å². The lowest BCUT2D eigenvalue weighted by atomic mass is 10.1. The molecule has 4 rings (SSSR count). The minimum absolute atomic E-state index is 0.0354. The number of carbonyl (C=O) groups excluding carboxylic acids is 1. The summed E-state index contributed by atoms with van der Waals surface area (Å²) in [5, 5.41) is 15.0. The van der Waals surface area contributed by atoms with Gasteiger partial charge >= 0.3 is 0 Å². The van der Waals surface area contributed by atoms with Crippen molar-refractivity contribution in [1.29, 1.82) is 0 Å². The third-order valence-corrected chi connectivity index (χ3v) is 4.40. The van der Waals surface area contributed by atoms with Crippen LogP contribution in [0.25, 0.3) is 10.9 Å². The van der Waals surface area contributed by atoms with Gasteiger partial charge in [0.2, 0.25) is 0 Å². The molecule has 1 aromatic carbocycles. The summed E-state index contributed by atoms with van der Waals surface area (Å²) in [7, 11) is 0. The molecule has 1 saturated heterocycles. The molecule has 1 atom stereocenters. The quantitative estimate of drug-likeness (QED) is 0.760. The largest absolute Gasteiger partial charge is 0.367 e. The number of hydrogen-bond acceptors (Lipinski definition) is 5. The number of rotatable bonds is 3. The van der Waals surface area contributed by atoms with Crippen LogP contribution in [0, 0.1) is 0 Å². The van der Waals surface area contributed by atoms with Crippen LogP contribution in [0.1, 0.15) is 47.9 Å². The van der Waals surface area contributed by atoms with Crippen molar-refractivity contribution in [3.63, 3.8) is 0 Å². The molecule has 25 heavy (non-hydrogen) atoms. The van der Waals surface area contributed by atoms with Crippen molar-refractivity contribution in [2.75, 3.05) is 19.7 Å². The third-order valence-electron chi connectivity index (χ3n) is 4.40. The number of morpholine rings is 1. The first-order valence-electron chi connectivity index (χ1n) is 8.38. The molecule has 0 bridgehead atoms. The Morgan fingerprint density at radius 2 is 2.24 bits per heavy atom. The highest BCUT2D eigenvalue weighted by molar-refractivity contribution is 6.05. The van der Waals surface area contributed by atoms with Crippen molar-refractivity contribution in [1.82, 2.24) is 30.3 Å². The Hall–Kier alpha value is -2.74. The molecule has 1 amide bonds.